The molecule has 0 saturated heterocycles. The number of aryl methyl sites for hydroxylation is 2. The zero-order chi connectivity index (χ0) is 11.8. The van der Waals surface area contributed by atoms with Gasteiger partial charge in [-0.2, -0.15) is 5.26 Å². The molecule has 0 atom stereocenters. The SMILES string of the molecule is N#Cc1cc2c(nc1S(=O)(=O)Cl)CCCC2. The zero-order valence-electron chi connectivity index (χ0n) is 8.40. The monoisotopic (exact) mass is 256 g/mol. The number of halogens is 1. The van der Waals surface area contributed by atoms with Gasteiger partial charge in [-0.05, 0) is 37.3 Å². The highest BCUT2D eigenvalue weighted by molar-refractivity contribution is 8.13. The predicted octanol–water partition coefficient (Wildman–Crippen LogP) is 1.76. The summed E-state index contributed by atoms with van der Waals surface area (Å²) >= 11 is 0. The van der Waals surface area contributed by atoms with Gasteiger partial charge in [0.2, 0.25) is 0 Å². The first-order chi connectivity index (χ1) is 7.52. The molecule has 0 bridgehead atoms. The van der Waals surface area contributed by atoms with E-state index in [2.05, 4.69) is 4.98 Å². The molecule has 1 aliphatic carbocycles. The lowest BCUT2D eigenvalue weighted by atomic mass is 9.95. The normalized spacial score (nSPS) is 15.2. The molecular weight excluding hydrogens is 248 g/mol. The van der Waals surface area contributed by atoms with Crippen molar-refractivity contribution in [2.75, 3.05) is 0 Å². The summed E-state index contributed by atoms with van der Waals surface area (Å²) in [7, 11) is 1.30. The summed E-state index contributed by atoms with van der Waals surface area (Å²) < 4.78 is 22.5. The zero-order valence-corrected chi connectivity index (χ0v) is 9.98. The number of pyridine rings is 1. The van der Waals surface area contributed by atoms with Gasteiger partial charge in [-0.25, -0.2) is 13.4 Å². The van der Waals surface area contributed by atoms with E-state index >= 15 is 0 Å². The number of nitriles is 1. The lowest BCUT2D eigenvalue weighted by Crippen LogP contribution is -2.10. The second kappa shape index (κ2) is 4.04. The summed E-state index contributed by atoms with van der Waals surface area (Å²) in [6.45, 7) is 0. The molecule has 16 heavy (non-hydrogen) atoms. The lowest BCUT2D eigenvalue weighted by molar-refractivity contribution is 0.601. The third-order valence-corrected chi connectivity index (χ3v) is 3.83. The van der Waals surface area contributed by atoms with Crippen LogP contribution in [0.1, 0.15) is 29.7 Å². The Balaban J connectivity index is 2.67. The second-order valence-electron chi connectivity index (χ2n) is 3.70. The summed E-state index contributed by atoms with van der Waals surface area (Å²) in [4.78, 5) is 4.01. The van der Waals surface area contributed by atoms with E-state index in [1.165, 1.54) is 0 Å². The van der Waals surface area contributed by atoms with Crippen LogP contribution >= 0.6 is 10.7 Å². The van der Waals surface area contributed by atoms with Crippen molar-refractivity contribution < 1.29 is 8.42 Å². The molecule has 1 heterocycles. The van der Waals surface area contributed by atoms with Crippen molar-refractivity contribution in [3.8, 4) is 6.07 Å². The number of rotatable bonds is 1. The highest BCUT2D eigenvalue weighted by Gasteiger charge is 2.22. The van der Waals surface area contributed by atoms with Crippen LogP contribution in [0.5, 0.6) is 0 Å². The Labute approximate surface area is 98.3 Å². The maximum absolute atomic E-state index is 11.3. The van der Waals surface area contributed by atoms with Crippen molar-refractivity contribution in [3.63, 3.8) is 0 Å². The van der Waals surface area contributed by atoms with Gasteiger partial charge in [0.15, 0.2) is 5.03 Å². The Morgan fingerprint density at radius 3 is 2.69 bits per heavy atom. The number of fused-ring (bicyclic) bond motifs is 1. The summed E-state index contributed by atoms with van der Waals surface area (Å²) in [5, 5.41) is 8.56. The van der Waals surface area contributed by atoms with Gasteiger partial charge < -0.3 is 0 Å². The maximum atomic E-state index is 11.3. The third kappa shape index (κ3) is 2.04. The van der Waals surface area contributed by atoms with Crippen LogP contribution < -0.4 is 0 Å². The van der Waals surface area contributed by atoms with Gasteiger partial charge >= 0.3 is 0 Å². The van der Waals surface area contributed by atoms with Crippen LogP contribution in [0, 0.1) is 11.3 Å². The van der Waals surface area contributed by atoms with Gasteiger partial charge in [-0.15, -0.1) is 0 Å². The lowest BCUT2D eigenvalue weighted by Gasteiger charge is -2.15. The average molecular weight is 257 g/mol. The fourth-order valence-electron chi connectivity index (χ4n) is 1.88. The van der Waals surface area contributed by atoms with Gasteiger partial charge in [-0.1, -0.05) is 0 Å². The van der Waals surface area contributed by atoms with Gasteiger partial charge in [-0.3, -0.25) is 0 Å². The molecule has 1 aliphatic rings. The van der Waals surface area contributed by atoms with Crippen LogP contribution in [-0.4, -0.2) is 13.4 Å². The van der Waals surface area contributed by atoms with Crippen LogP contribution in [0.4, 0.5) is 0 Å². The molecule has 0 aliphatic heterocycles. The molecule has 0 saturated carbocycles. The first kappa shape index (κ1) is 11.4. The van der Waals surface area contributed by atoms with Crippen LogP contribution in [0.2, 0.25) is 0 Å². The topological polar surface area (TPSA) is 70.8 Å². The summed E-state index contributed by atoms with van der Waals surface area (Å²) in [6.07, 6.45) is 3.64. The van der Waals surface area contributed by atoms with Gasteiger partial charge in [0.05, 0.1) is 5.56 Å². The molecule has 0 spiro atoms. The van der Waals surface area contributed by atoms with Crippen molar-refractivity contribution in [3.05, 3.63) is 22.9 Å². The molecule has 4 nitrogen and oxygen atoms in total. The average Bonchev–Trinajstić information content (AvgIpc) is 2.26. The van der Waals surface area contributed by atoms with Crippen LogP contribution in [0.25, 0.3) is 0 Å². The molecule has 84 valence electrons. The molecule has 0 N–H and O–H groups in total. The van der Waals surface area contributed by atoms with Crippen LogP contribution in [-0.2, 0) is 21.9 Å². The predicted molar refractivity (Wildman–Crippen MR) is 58.6 cm³/mol. The van der Waals surface area contributed by atoms with Crippen LogP contribution in [0.3, 0.4) is 0 Å². The van der Waals surface area contributed by atoms with Crippen molar-refractivity contribution in [1.82, 2.24) is 4.98 Å². The molecular formula is C10H9ClN2O2S. The molecule has 6 heteroatoms. The number of nitrogens with zero attached hydrogens (tertiary/aromatic N) is 2. The highest BCUT2D eigenvalue weighted by Crippen LogP contribution is 2.25. The van der Waals surface area contributed by atoms with Crippen molar-refractivity contribution in [2.45, 2.75) is 30.7 Å². The second-order valence-corrected chi connectivity index (χ2v) is 6.18. The molecule has 1 aromatic rings. The number of hydrogen-bond donors (Lipinski definition) is 0. The molecule has 0 radical (unpaired) electrons. The minimum absolute atomic E-state index is 0.0376. The smallest absolute Gasteiger partial charge is 0.239 e. The maximum Gasteiger partial charge on any atom is 0.280 e. The summed E-state index contributed by atoms with van der Waals surface area (Å²) in [6, 6.07) is 3.42. The Morgan fingerprint density at radius 1 is 1.38 bits per heavy atom. The minimum atomic E-state index is -3.94. The van der Waals surface area contributed by atoms with Gasteiger partial charge in [0.1, 0.15) is 6.07 Å². The Morgan fingerprint density at radius 2 is 2.06 bits per heavy atom. The first-order valence-corrected chi connectivity index (χ1v) is 7.21. The van der Waals surface area contributed by atoms with E-state index in [-0.39, 0.29) is 10.6 Å². The Bertz CT molecular complexity index is 575. The van der Waals surface area contributed by atoms with E-state index in [1.54, 1.807) is 6.07 Å². The van der Waals surface area contributed by atoms with Gasteiger partial charge in [0.25, 0.3) is 9.05 Å². The fraction of sp³-hybridized carbons (Fsp3) is 0.400. The summed E-state index contributed by atoms with van der Waals surface area (Å²) in [5.74, 6) is 0. The van der Waals surface area contributed by atoms with Gasteiger partial charge in [0, 0.05) is 16.4 Å². The molecule has 2 rings (SSSR count). The van der Waals surface area contributed by atoms with E-state index in [0.29, 0.717) is 0 Å². The Hall–Kier alpha value is -1.12. The van der Waals surface area contributed by atoms with Crippen molar-refractivity contribution in [1.29, 1.82) is 5.26 Å². The standard InChI is InChI=1S/C10H9ClN2O2S/c11-16(14,15)10-8(6-12)5-7-3-1-2-4-9(7)13-10/h5H,1-4H2. The largest absolute Gasteiger partial charge is 0.280 e. The first-order valence-electron chi connectivity index (χ1n) is 4.90. The van der Waals surface area contributed by atoms with E-state index < -0.39 is 9.05 Å². The highest BCUT2D eigenvalue weighted by atomic mass is 35.7. The number of aromatic nitrogens is 1. The van der Waals surface area contributed by atoms with Crippen molar-refractivity contribution >= 4 is 19.7 Å². The van der Waals surface area contributed by atoms with Crippen LogP contribution in [0.15, 0.2) is 11.1 Å². The fourth-order valence-corrected chi connectivity index (χ4v) is 2.82. The molecule has 1 aromatic heterocycles. The molecule has 0 amide bonds. The quantitative estimate of drug-likeness (QED) is 0.718. The third-order valence-electron chi connectivity index (χ3n) is 2.62. The van der Waals surface area contributed by atoms with E-state index in [4.69, 9.17) is 15.9 Å². The Kier molecular flexibility index (Phi) is 2.87. The minimum Gasteiger partial charge on any atom is -0.239 e. The van der Waals surface area contributed by atoms with Crippen molar-refractivity contribution in [2.24, 2.45) is 0 Å². The number of hydrogen-bond acceptors (Lipinski definition) is 4. The van der Waals surface area contributed by atoms with E-state index in [9.17, 15) is 8.42 Å². The molecule has 0 fully saturated rings. The summed E-state index contributed by atoms with van der Waals surface area (Å²) in [5.41, 5.74) is 1.76. The molecule has 0 aromatic carbocycles. The van der Waals surface area contributed by atoms with E-state index in [1.807, 2.05) is 6.07 Å². The molecule has 0 unspecified atom stereocenters. The van der Waals surface area contributed by atoms with E-state index in [0.717, 1.165) is 36.9 Å².